The van der Waals surface area contributed by atoms with Gasteiger partial charge in [-0.05, 0) is 63.6 Å². The predicted octanol–water partition coefficient (Wildman–Crippen LogP) is 4.47. The van der Waals surface area contributed by atoms with Crippen molar-refractivity contribution in [2.75, 3.05) is 34.0 Å². The van der Waals surface area contributed by atoms with E-state index >= 15 is 0 Å². The molecule has 1 aromatic heterocycles. The highest BCUT2D eigenvalue weighted by Gasteiger charge is 2.37. The number of carbonyl (C=O) groups excluding carboxylic acids is 2. The molecule has 0 atom stereocenters. The maximum Gasteiger partial charge on any atom is 0.340 e. The number of carbonyl (C=O) groups is 2. The normalized spacial score (nSPS) is 15.1. The number of aromatic nitrogens is 1. The molecule has 3 rings (SSSR count). The second-order valence-corrected chi connectivity index (χ2v) is 8.08. The molecule has 0 N–H and O–H groups in total. The van der Waals surface area contributed by atoms with E-state index in [-0.39, 0.29) is 18.1 Å². The van der Waals surface area contributed by atoms with E-state index in [4.69, 9.17) is 25.8 Å². The van der Waals surface area contributed by atoms with Crippen LogP contribution in [-0.2, 0) is 19.1 Å². The van der Waals surface area contributed by atoms with Gasteiger partial charge in [0.15, 0.2) is 0 Å². The van der Waals surface area contributed by atoms with Crippen molar-refractivity contribution in [1.82, 2.24) is 9.47 Å². The molecule has 0 aliphatic carbocycles. The fourth-order valence-electron chi connectivity index (χ4n) is 4.06. The van der Waals surface area contributed by atoms with Crippen LogP contribution < -0.4 is 4.74 Å². The molecule has 7 nitrogen and oxygen atoms in total. The molecule has 0 unspecified atom stereocenters. The van der Waals surface area contributed by atoms with Gasteiger partial charge in [-0.2, -0.15) is 0 Å². The second-order valence-electron chi connectivity index (χ2n) is 7.67. The minimum atomic E-state index is -0.509. The third-order valence-electron chi connectivity index (χ3n) is 5.67. The minimum absolute atomic E-state index is 0.224. The summed E-state index contributed by atoms with van der Waals surface area (Å²) in [5.41, 5.74) is 4.73. The smallest absolute Gasteiger partial charge is 0.340 e. The van der Waals surface area contributed by atoms with Crippen molar-refractivity contribution < 1.29 is 23.8 Å². The van der Waals surface area contributed by atoms with Crippen LogP contribution in [0.25, 0.3) is 11.8 Å². The number of hydrogen-bond donors (Lipinski definition) is 0. The predicted molar refractivity (Wildman–Crippen MR) is 128 cm³/mol. The van der Waals surface area contributed by atoms with E-state index in [1.807, 2.05) is 42.7 Å². The molecule has 1 aromatic carbocycles. The van der Waals surface area contributed by atoms with Gasteiger partial charge in [0.1, 0.15) is 5.75 Å². The fourth-order valence-corrected chi connectivity index (χ4v) is 4.31. The summed E-state index contributed by atoms with van der Waals surface area (Å²) in [6.07, 6.45) is 1.76. The van der Waals surface area contributed by atoms with Gasteiger partial charge < -0.3 is 23.7 Å². The van der Waals surface area contributed by atoms with E-state index in [1.165, 1.54) is 0 Å². The number of halogens is 1. The number of benzene rings is 1. The van der Waals surface area contributed by atoms with Crippen LogP contribution >= 0.6 is 11.6 Å². The van der Waals surface area contributed by atoms with Crippen LogP contribution in [0.1, 0.15) is 30.8 Å². The first-order chi connectivity index (χ1) is 15.7. The summed E-state index contributed by atoms with van der Waals surface area (Å²) in [5.74, 6) is -0.159. The van der Waals surface area contributed by atoms with Crippen LogP contribution in [0, 0.1) is 13.8 Å². The zero-order chi connectivity index (χ0) is 24.3. The molecular weight excluding hydrogens is 444 g/mol. The molecule has 2 aromatic rings. The van der Waals surface area contributed by atoms with Crippen molar-refractivity contribution in [3.8, 4) is 11.4 Å². The summed E-state index contributed by atoms with van der Waals surface area (Å²) in [5, 5.41) is 0.505. The van der Waals surface area contributed by atoms with Gasteiger partial charge >= 0.3 is 5.97 Å². The largest absolute Gasteiger partial charge is 0.495 e. The molecule has 33 heavy (non-hydrogen) atoms. The highest BCUT2D eigenvalue weighted by Crippen LogP contribution is 2.34. The van der Waals surface area contributed by atoms with Gasteiger partial charge in [0.25, 0.3) is 5.91 Å². The van der Waals surface area contributed by atoms with Crippen molar-refractivity contribution in [2.45, 2.75) is 27.7 Å². The summed E-state index contributed by atoms with van der Waals surface area (Å²) in [6.45, 7) is 8.36. The molecule has 2 heterocycles. The van der Waals surface area contributed by atoms with Crippen LogP contribution in [-0.4, -0.2) is 55.3 Å². The Kier molecular flexibility index (Phi) is 7.66. The van der Waals surface area contributed by atoms with Crippen LogP contribution in [0.5, 0.6) is 5.75 Å². The number of rotatable bonds is 8. The van der Waals surface area contributed by atoms with Gasteiger partial charge in [-0.1, -0.05) is 11.6 Å². The average Bonchev–Trinajstić information content (AvgIpc) is 3.18. The third-order valence-corrected chi connectivity index (χ3v) is 5.97. The fraction of sp³-hybridized carbons (Fsp3) is 0.360. The summed E-state index contributed by atoms with van der Waals surface area (Å²) in [6, 6.07) is 7.54. The highest BCUT2D eigenvalue weighted by molar-refractivity contribution is 6.32. The number of nitrogens with zero attached hydrogens (tertiary/aromatic N) is 2. The molecule has 176 valence electrons. The van der Waals surface area contributed by atoms with E-state index in [0.717, 1.165) is 22.6 Å². The first-order valence-corrected chi connectivity index (χ1v) is 11.1. The lowest BCUT2D eigenvalue weighted by molar-refractivity contribution is -0.138. The molecule has 1 aliphatic rings. The van der Waals surface area contributed by atoms with Crippen molar-refractivity contribution in [1.29, 1.82) is 0 Å². The van der Waals surface area contributed by atoms with E-state index in [0.29, 0.717) is 35.2 Å². The van der Waals surface area contributed by atoms with Crippen LogP contribution in [0.4, 0.5) is 0 Å². The van der Waals surface area contributed by atoms with E-state index in [9.17, 15) is 9.59 Å². The van der Waals surface area contributed by atoms with E-state index in [2.05, 4.69) is 0 Å². The molecule has 0 spiro atoms. The van der Waals surface area contributed by atoms with Gasteiger partial charge in [-0.3, -0.25) is 4.79 Å². The Bertz CT molecular complexity index is 1150. The lowest BCUT2D eigenvalue weighted by atomic mass is 10.0. The minimum Gasteiger partial charge on any atom is -0.495 e. The summed E-state index contributed by atoms with van der Waals surface area (Å²) < 4.78 is 17.7. The molecule has 0 radical (unpaired) electrons. The molecule has 1 aliphatic heterocycles. The van der Waals surface area contributed by atoms with Gasteiger partial charge in [0, 0.05) is 36.4 Å². The van der Waals surface area contributed by atoms with E-state index < -0.39 is 5.97 Å². The van der Waals surface area contributed by atoms with Crippen molar-refractivity contribution in [3.63, 3.8) is 0 Å². The number of hydrogen-bond acceptors (Lipinski definition) is 5. The first kappa shape index (κ1) is 24.6. The topological polar surface area (TPSA) is 70.0 Å². The van der Waals surface area contributed by atoms with Crippen molar-refractivity contribution >= 4 is 29.6 Å². The van der Waals surface area contributed by atoms with Gasteiger partial charge in [-0.15, -0.1) is 0 Å². The molecule has 0 saturated heterocycles. The number of allylic oxidation sites excluding steroid dienone is 1. The Labute approximate surface area is 199 Å². The number of methoxy groups -OCH3 is 2. The Morgan fingerprint density at radius 1 is 1.15 bits per heavy atom. The summed E-state index contributed by atoms with van der Waals surface area (Å²) in [4.78, 5) is 27.5. The molecule has 1 amide bonds. The monoisotopic (exact) mass is 472 g/mol. The number of esters is 1. The Hall–Kier alpha value is -3.03. The SMILES string of the molecule is CCOC(=O)C1=C(C)N(CCOC)C(=O)/C1=C\c1cc(C)n(-c2ccc(OC)c(Cl)c2)c1C. The Morgan fingerprint density at radius 3 is 2.48 bits per heavy atom. The highest BCUT2D eigenvalue weighted by atomic mass is 35.5. The van der Waals surface area contributed by atoms with Gasteiger partial charge in [0.2, 0.25) is 0 Å². The molecule has 0 saturated carbocycles. The Balaban J connectivity index is 2.09. The quantitative estimate of drug-likeness (QED) is 0.419. The lowest BCUT2D eigenvalue weighted by Crippen LogP contribution is -2.28. The average molecular weight is 473 g/mol. The van der Waals surface area contributed by atoms with Crippen LogP contribution in [0.2, 0.25) is 5.02 Å². The maximum absolute atomic E-state index is 13.2. The molecule has 0 bridgehead atoms. The molecule has 0 fully saturated rings. The standard InChI is InChI=1S/C25H29ClN2O5/c1-7-33-25(30)23-17(4)27(10-11-31-5)24(29)20(23)13-18-12-15(2)28(16(18)3)19-8-9-22(32-6)21(26)14-19/h8-9,12-14H,7,10-11H2,1-6H3/b20-13-. The van der Waals surface area contributed by atoms with Gasteiger partial charge in [-0.25, -0.2) is 4.79 Å². The van der Waals surface area contributed by atoms with Gasteiger partial charge in [0.05, 0.1) is 36.5 Å². The van der Waals surface area contributed by atoms with Crippen molar-refractivity contribution in [2.24, 2.45) is 0 Å². The Morgan fingerprint density at radius 2 is 1.88 bits per heavy atom. The zero-order valence-electron chi connectivity index (χ0n) is 19.8. The van der Waals surface area contributed by atoms with E-state index in [1.54, 1.807) is 39.0 Å². The molecular formula is C25H29ClN2O5. The van der Waals surface area contributed by atoms with Crippen molar-refractivity contribution in [3.05, 3.63) is 63.1 Å². The summed E-state index contributed by atoms with van der Waals surface area (Å²) >= 11 is 6.34. The molecule has 8 heteroatoms. The number of amides is 1. The number of ether oxygens (including phenoxy) is 3. The van der Waals surface area contributed by atoms with Crippen LogP contribution in [0.3, 0.4) is 0 Å². The first-order valence-electron chi connectivity index (χ1n) is 10.7. The second kappa shape index (κ2) is 10.3. The lowest BCUT2D eigenvalue weighted by Gasteiger charge is -2.16. The number of aryl methyl sites for hydroxylation is 1. The zero-order valence-corrected chi connectivity index (χ0v) is 20.6. The van der Waals surface area contributed by atoms with Crippen LogP contribution in [0.15, 0.2) is 41.1 Å². The maximum atomic E-state index is 13.2. The third kappa shape index (κ3) is 4.70. The summed E-state index contributed by atoms with van der Waals surface area (Å²) in [7, 11) is 3.14.